The van der Waals surface area contributed by atoms with Gasteiger partial charge >= 0.3 is 0 Å². The number of carbonyl (C=O) groups excluding carboxylic acids is 2. The van der Waals surface area contributed by atoms with Crippen LogP contribution in [-0.4, -0.2) is 23.4 Å². The van der Waals surface area contributed by atoms with E-state index in [-0.39, 0.29) is 33.4 Å². The molecule has 6 nitrogen and oxygen atoms in total. The zero-order valence-corrected chi connectivity index (χ0v) is 23.6. The highest BCUT2D eigenvalue weighted by atomic mass is 35.5. The maximum absolute atomic E-state index is 13.1. The first-order valence-electron chi connectivity index (χ1n) is 11.8. The van der Waals surface area contributed by atoms with E-state index in [0.717, 1.165) is 16.0 Å². The monoisotopic (exact) mass is 599 g/mol. The average molecular weight is 601 g/mol. The first kappa shape index (κ1) is 27.4. The third-order valence-corrected chi connectivity index (χ3v) is 7.92. The highest BCUT2D eigenvalue weighted by molar-refractivity contribution is 6.46. The van der Waals surface area contributed by atoms with E-state index in [2.05, 4.69) is 4.98 Å². The molecule has 198 valence electrons. The summed E-state index contributed by atoms with van der Waals surface area (Å²) in [5.74, 6) is -0.406. The molecule has 0 bridgehead atoms. The Morgan fingerprint density at radius 3 is 2.00 bits per heavy atom. The molecule has 2 N–H and O–H groups in total. The van der Waals surface area contributed by atoms with Crippen LogP contribution in [-0.2, 0) is 12.0 Å². The number of imide groups is 1. The summed E-state index contributed by atoms with van der Waals surface area (Å²) in [5, 5.41) is 0.0768. The lowest BCUT2D eigenvalue weighted by molar-refractivity contribution is 0.0926. The van der Waals surface area contributed by atoms with Gasteiger partial charge in [-0.15, -0.1) is 0 Å². The van der Waals surface area contributed by atoms with Crippen LogP contribution < -0.4 is 15.4 Å². The van der Waals surface area contributed by atoms with Crippen molar-refractivity contribution in [1.29, 1.82) is 0 Å². The van der Waals surface area contributed by atoms with Crippen LogP contribution in [0.25, 0.3) is 0 Å². The summed E-state index contributed by atoms with van der Waals surface area (Å²) in [7, 11) is 0. The van der Waals surface area contributed by atoms with Crippen LogP contribution in [0.4, 0.5) is 5.69 Å². The van der Waals surface area contributed by atoms with Crippen LogP contribution in [0.5, 0.6) is 5.75 Å². The van der Waals surface area contributed by atoms with Crippen molar-refractivity contribution in [3.8, 4) is 5.75 Å². The molecule has 0 radical (unpaired) electrons. The van der Waals surface area contributed by atoms with Crippen molar-refractivity contribution >= 4 is 63.9 Å². The fourth-order valence-electron chi connectivity index (χ4n) is 4.67. The standard InChI is InChI=1S/C29H21Cl4N3O3/c1-16-11-18(36-27(37)20-9-5-6-10-21(20)28(36)38)13-19(12-16)39-15-29(34,14-17-7-3-2-4-8-17)22-23(30)25(32)35-26(33)24(22)31/h2-13H,14-15,34H2,1H3. The molecular formula is C29H21Cl4N3O3. The third-order valence-electron chi connectivity index (χ3n) is 6.44. The van der Waals surface area contributed by atoms with Gasteiger partial charge in [-0.1, -0.05) is 88.9 Å². The molecular weight excluding hydrogens is 580 g/mol. The number of fused-ring (bicyclic) bond motifs is 1. The Morgan fingerprint density at radius 1 is 0.846 bits per heavy atom. The number of nitrogens with zero attached hydrogens (tertiary/aromatic N) is 2. The SMILES string of the molecule is Cc1cc(OCC(N)(Cc2ccccc2)c2c(Cl)c(Cl)nc(Cl)c2Cl)cc(N2C(=O)c3ccccc3C2=O)c1. The number of ether oxygens (including phenoxy) is 1. The summed E-state index contributed by atoms with van der Waals surface area (Å²) < 4.78 is 6.22. The number of aryl methyl sites for hydroxylation is 1. The minimum Gasteiger partial charge on any atom is -0.491 e. The van der Waals surface area contributed by atoms with Gasteiger partial charge in [0.25, 0.3) is 11.8 Å². The highest BCUT2D eigenvalue weighted by Gasteiger charge is 2.38. The molecule has 0 saturated heterocycles. The molecule has 0 aliphatic carbocycles. The van der Waals surface area contributed by atoms with Gasteiger partial charge in [0.05, 0.1) is 32.4 Å². The lowest BCUT2D eigenvalue weighted by Crippen LogP contribution is -2.45. The van der Waals surface area contributed by atoms with Crippen molar-refractivity contribution in [3.63, 3.8) is 0 Å². The van der Waals surface area contributed by atoms with Gasteiger partial charge in [-0.05, 0) is 48.7 Å². The van der Waals surface area contributed by atoms with Crippen LogP contribution >= 0.6 is 46.4 Å². The van der Waals surface area contributed by atoms with Crippen molar-refractivity contribution in [3.05, 3.63) is 121 Å². The summed E-state index contributed by atoms with van der Waals surface area (Å²) in [5.41, 5.74) is 8.75. The quantitative estimate of drug-likeness (QED) is 0.178. The van der Waals surface area contributed by atoms with Crippen molar-refractivity contribution in [1.82, 2.24) is 4.98 Å². The second-order valence-corrected chi connectivity index (χ2v) is 10.8. The Kier molecular flexibility index (Phi) is 7.60. The molecule has 1 unspecified atom stereocenters. The molecule has 1 aromatic heterocycles. The molecule has 1 atom stereocenters. The second kappa shape index (κ2) is 10.8. The lowest BCUT2D eigenvalue weighted by Gasteiger charge is -2.32. The van der Waals surface area contributed by atoms with Crippen LogP contribution in [0.15, 0.2) is 72.8 Å². The van der Waals surface area contributed by atoms with E-state index in [4.69, 9.17) is 56.9 Å². The molecule has 1 aliphatic heterocycles. The van der Waals surface area contributed by atoms with E-state index >= 15 is 0 Å². The number of aromatic nitrogens is 1. The number of pyridine rings is 1. The van der Waals surface area contributed by atoms with Gasteiger partial charge in [-0.3, -0.25) is 9.59 Å². The maximum Gasteiger partial charge on any atom is 0.266 e. The van der Waals surface area contributed by atoms with E-state index < -0.39 is 17.4 Å². The Morgan fingerprint density at radius 2 is 1.41 bits per heavy atom. The zero-order chi connectivity index (χ0) is 27.9. The summed E-state index contributed by atoms with van der Waals surface area (Å²) in [6.45, 7) is 1.74. The minimum atomic E-state index is -1.29. The van der Waals surface area contributed by atoms with Gasteiger partial charge in [0.15, 0.2) is 0 Å². The number of hydrogen-bond donors (Lipinski definition) is 1. The second-order valence-electron chi connectivity index (χ2n) is 9.30. The normalized spacial score (nSPS) is 14.4. The Hall–Kier alpha value is -3.13. The molecule has 2 heterocycles. The number of benzene rings is 3. The molecule has 0 spiro atoms. The zero-order valence-electron chi connectivity index (χ0n) is 20.6. The molecule has 3 aromatic carbocycles. The Balaban J connectivity index is 1.51. The molecule has 10 heteroatoms. The van der Waals surface area contributed by atoms with Crippen LogP contribution in [0.3, 0.4) is 0 Å². The van der Waals surface area contributed by atoms with E-state index in [1.165, 1.54) is 0 Å². The van der Waals surface area contributed by atoms with Crippen LogP contribution in [0.1, 0.15) is 37.4 Å². The molecule has 39 heavy (non-hydrogen) atoms. The number of halogens is 4. The average Bonchev–Trinajstić information content (AvgIpc) is 3.16. The van der Waals surface area contributed by atoms with Crippen molar-refractivity contribution in [2.24, 2.45) is 5.73 Å². The fourth-order valence-corrected chi connectivity index (χ4v) is 5.77. The maximum atomic E-state index is 13.1. The summed E-state index contributed by atoms with van der Waals surface area (Å²) in [6.07, 6.45) is 0.279. The number of anilines is 1. The van der Waals surface area contributed by atoms with E-state index in [1.807, 2.05) is 37.3 Å². The number of rotatable bonds is 7. The van der Waals surface area contributed by atoms with Crippen LogP contribution in [0.2, 0.25) is 20.4 Å². The van der Waals surface area contributed by atoms with E-state index in [1.54, 1.807) is 42.5 Å². The summed E-state index contributed by atoms with van der Waals surface area (Å²) in [6, 6.07) is 21.4. The number of hydrogen-bond acceptors (Lipinski definition) is 5. The molecule has 4 aromatic rings. The Bertz CT molecular complexity index is 1550. The summed E-state index contributed by atoms with van der Waals surface area (Å²) in [4.78, 5) is 31.2. The first-order chi connectivity index (χ1) is 18.6. The number of nitrogens with two attached hydrogens (primary N) is 1. The van der Waals surface area contributed by atoms with E-state index in [9.17, 15) is 9.59 Å². The van der Waals surface area contributed by atoms with Gasteiger partial charge in [0.2, 0.25) is 0 Å². The van der Waals surface area contributed by atoms with Crippen molar-refractivity contribution in [2.75, 3.05) is 11.5 Å². The minimum absolute atomic E-state index is 0.0348. The van der Waals surface area contributed by atoms with Crippen molar-refractivity contribution < 1.29 is 14.3 Å². The van der Waals surface area contributed by atoms with Crippen LogP contribution in [0, 0.1) is 6.92 Å². The topological polar surface area (TPSA) is 85.5 Å². The first-order valence-corrected chi connectivity index (χ1v) is 13.4. The predicted molar refractivity (Wildman–Crippen MR) is 155 cm³/mol. The molecule has 0 fully saturated rings. The number of carbonyl (C=O) groups is 2. The van der Waals surface area contributed by atoms with Gasteiger partial charge in [0, 0.05) is 11.6 Å². The van der Waals surface area contributed by atoms with Gasteiger partial charge in [0.1, 0.15) is 22.7 Å². The fraction of sp³-hybridized carbons (Fsp3) is 0.138. The van der Waals surface area contributed by atoms with Gasteiger partial charge < -0.3 is 10.5 Å². The molecule has 2 amide bonds. The number of amides is 2. The summed E-state index contributed by atoms with van der Waals surface area (Å²) >= 11 is 25.6. The Labute approximate surface area is 245 Å². The van der Waals surface area contributed by atoms with E-state index in [0.29, 0.717) is 28.1 Å². The molecule has 5 rings (SSSR count). The largest absolute Gasteiger partial charge is 0.491 e. The smallest absolute Gasteiger partial charge is 0.266 e. The molecule has 0 saturated carbocycles. The third kappa shape index (κ3) is 5.23. The highest BCUT2D eigenvalue weighted by Crippen LogP contribution is 2.42. The predicted octanol–water partition coefficient (Wildman–Crippen LogP) is 7.28. The lowest BCUT2D eigenvalue weighted by atomic mass is 9.85. The van der Waals surface area contributed by atoms with Gasteiger partial charge in [-0.2, -0.15) is 0 Å². The van der Waals surface area contributed by atoms with Crippen molar-refractivity contribution in [2.45, 2.75) is 18.9 Å². The molecule has 1 aliphatic rings. The van der Waals surface area contributed by atoms with Gasteiger partial charge in [-0.25, -0.2) is 9.88 Å².